The van der Waals surface area contributed by atoms with E-state index in [1.54, 1.807) is 43.3 Å². The van der Waals surface area contributed by atoms with Gasteiger partial charge in [-0.1, -0.05) is 42.3 Å². The molecule has 9 heteroatoms. The molecule has 0 fully saturated rings. The zero-order chi connectivity index (χ0) is 24.3. The van der Waals surface area contributed by atoms with Gasteiger partial charge < -0.3 is 16.2 Å². The number of nitrogen functional groups attached to an aromatic ring is 1. The predicted octanol–water partition coefficient (Wildman–Crippen LogP) is 2.45. The number of nitrogens with two attached hydrogens (primary N) is 3. The molecule has 0 saturated carbocycles. The quantitative estimate of drug-likeness (QED) is 0.290. The average molecular weight is 464 g/mol. The summed E-state index contributed by atoms with van der Waals surface area (Å²) in [5.41, 5.74) is 13.4. The molecule has 0 radical (unpaired) electrons. The summed E-state index contributed by atoms with van der Waals surface area (Å²) in [5.74, 6) is 0.451. The summed E-state index contributed by atoms with van der Waals surface area (Å²) in [5, 5.41) is 5.50. The lowest BCUT2D eigenvalue weighted by Crippen LogP contribution is -2.24. The van der Waals surface area contributed by atoms with Crippen LogP contribution in [-0.2, 0) is 14.8 Å². The van der Waals surface area contributed by atoms with Crippen molar-refractivity contribution >= 4 is 27.6 Å². The number of amides is 1. The Morgan fingerprint density at radius 2 is 1.70 bits per heavy atom. The van der Waals surface area contributed by atoms with Gasteiger partial charge in [-0.3, -0.25) is 4.79 Å². The molecule has 3 aromatic rings. The highest BCUT2D eigenvalue weighted by Gasteiger charge is 2.29. The standard InChI is InChI=1S/C24H21N3O5S/c1-3-11-32-24(29)16-10-9-14(2)17(12-16)19-13-18(15-7-5-4-6-8-15)21(25)20(23(26)28)22(19)33(27,30)31/h1,4-10,12-13H,11,25H2,2H3,(H2,26,28)(H2,27,30,31). The second-order valence-electron chi connectivity index (χ2n) is 7.17. The number of aryl methyl sites for hydroxylation is 1. The van der Waals surface area contributed by atoms with E-state index in [-0.39, 0.29) is 23.4 Å². The number of hydrogen-bond donors (Lipinski definition) is 3. The van der Waals surface area contributed by atoms with Gasteiger partial charge in [-0.15, -0.1) is 6.42 Å². The second-order valence-corrected chi connectivity index (χ2v) is 8.67. The Morgan fingerprint density at radius 1 is 1.03 bits per heavy atom. The van der Waals surface area contributed by atoms with E-state index in [4.69, 9.17) is 27.8 Å². The smallest absolute Gasteiger partial charge is 0.339 e. The minimum absolute atomic E-state index is 0.0726. The highest BCUT2D eigenvalue weighted by molar-refractivity contribution is 7.89. The van der Waals surface area contributed by atoms with Crippen molar-refractivity contribution < 1.29 is 22.7 Å². The monoisotopic (exact) mass is 463 g/mol. The SMILES string of the molecule is C#CCOC(=O)c1ccc(C)c(-c2cc(-c3ccccc3)c(N)c(C(N)=O)c2S(N)(=O)=O)c1. The van der Waals surface area contributed by atoms with Gasteiger partial charge in [0.2, 0.25) is 10.0 Å². The van der Waals surface area contributed by atoms with Crippen LogP contribution in [0.25, 0.3) is 22.3 Å². The lowest BCUT2D eigenvalue weighted by atomic mass is 9.91. The van der Waals surface area contributed by atoms with Gasteiger partial charge in [0.25, 0.3) is 5.91 Å². The maximum absolute atomic E-state index is 12.6. The zero-order valence-corrected chi connectivity index (χ0v) is 18.5. The first-order valence-corrected chi connectivity index (χ1v) is 11.2. The van der Waals surface area contributed by atoms with Crippen molar-refractivity contribution in [3.63, 3.8) is 0 Å². The lowest BCUT2D eigenvalue weighted by molar-refractivity contribution is 0.0556. The van der Waals surface area contributed by atoms with Crippen LogP contribution in [0.1, 0.15) is 26.3 Å². The molecule has 0 aromatic heterocycles. The van der Waals surface area contributed by atoms with E-state index in [1.165, 1.54) is 18.2 Å². The van der Waals surface area contributed by atoms with E-state index in [0.717, 1.165) is 0 Å². The van der Waals surface area contributed by atoms with Gasteiger partial charge in [-0.2, -0.15) is 0 Å². The average Bonchev–Trinajstić information content (AvgIpc) is 2.77. The van der Waals surface area contributed by atoms with Gasteiger partial charge in [-0.05, 0) is 41.8 Å². The normalized spacial score (nSPS) is 10.9. The molecule has 0 unspecified atom stereocenters. The second kappa shape index (κ2) is 9.16. The number of primary amides is 1. The van der Waals surface area contributed by atoms with E-state index in [1.807, 2.05) is 0 Å². The summed E-state index contributed by atoms with van der Waals surface area (Å²) in [4.78, 5) is 24.2. The third kappa shape index (κ3) is 4.72. The fourth-order valence-electron chi connectivity index (χ4n) is 3.51. The van der Waals surface area contributed by atoms with Crippen molar-refractivity contribution in [2.75, 3.05) is 12.3 Å². The van der Waals surface area contributed by atoms with E-state index < -0.39 is 32.4 Å². The molecular weight excluding hydrogens is 442 g/mol. The number of sulfonamides is 1. The molecule has 6 N–H and O–H groups in total. The van der Waals surface area contributed by atoms with E-state index in [0.29, 0.717) is 22.3 Å². The molecule has 3 aromatic carbocycles. The van der Waals surface area contributed by atoms with Crippen LogP contribution in [0.4, 0.5) is 5.69 Å². The number of esters is 1. The van der Waals surface area contributed by atoms with Gasteiger partial charge in [0.05, 0.1) is 16.8 Å². The molecule has 168 valence electrons. The number of anilines is 1. The summed E-state index contributed by atoms with van der Waals surface area (Å²) in [6.07, 6.45) is 5.14. The van der Waals surface area contributed by atoms with Crippen LogP contribution in [0.5, 0.6) is 0 Å². The Labute approximate surface area is 191 Å². The number of primary sulfonamides is 1. The minimum Gasteiger partial charge on any atom is -0.449 e. The topological polar surface area (TPSA) is 156 Å². The summed E-state index contributed by atoms with van der Waals surface area (Å²) >= 11 is 0. The predicted molar refractivity (Wildman–Crippen MR) is 125 cm³/mol. The Kier molecular flexibility index (Phi) is 6.53. The fraction of sp³-hybridized carbons (Fsp3) is 0.0833. The molecule has 0 aliphatic carbocycles. The molecule has 33 heavy (non-hydrogen) atoms. The largest absolute Gasteiger partial charge is 0.449 e. The fourth-order valence-corrected chi connectivity index (χ4v) is 4.48. The van der Waals surface area contributed by atoms with E-state index in [9.17, 15) is 18.0 Å². The van der Waals surface area contributed by atoms with Crippen LogP contribution < -0.4 is 16.6 Å². The molecule has 0 spiro atoms. The zero-order valence-electron chi connectivity index (χ0n) is 17.7. The third-order valence-corrected chi connectivity index (χ3v) is 5.98. The van der Waals surface area contributed by atoms with Crippen LogP contribution in [0, 0.1) is 19.3 Å². The number of ether oxygens (including phenoxy) is 1. The van der Waals surface area contributed by atoms with Gasteiger partial charge in [-0.25, -0.2) is 18.4 Å². The van der Waals surface area contributed by atoms with Crippen LogP contribution in [-0.4, -0.2) is 26.9 Å². The molecule has 3 rings (SSSR count). The Morgan fingerprint density at radius 3 is 2.27 bits per heavy atom. The van der Waals surface area contributed by atoms with Gasteiger partial charge in [0.1, 0.15) is 4.90 Å². The summed E-state index contributed by atoms with van der Waals surface area (Å²) in [6.45, 7) is 1.48. The van der Waals surface area contributed by atoms with Crippen molar-refractivity contribution in [3.05, 3.63) is 71.3 Å². The van der Waals surface area contributed by atoms with Crippen LogP contribution in [0.2, 0.25) is 0 Å². The molecule has 0 saturated heterocycles. The highest BCUT2D eigenvalue weighted by atomic mass is 32.2. The summed E-state index contributed by atoms with van der Waals surface area (Å²) in [7, 11) is -4.47. The van der Waals surface area contributed by atoms with Crippen molar-refractivity contribution in [2.24, 2.45) is 10.9 Å². The maximum Gasteiger partial charge on any atom is 0.339 e. The molecule has 0 bridgehead atoms. The van der Waals surface area contributed by atoms with Crippen molar-refractivity contribution in [1.82, 2.24) is 0 Å². The number of carbonyl (C=O) groups is 2. The van der Waals surface area contributed by atoms with Crippen LogP contribution in [0.3, 0.4) is 0 Å². The van der Waals surface area contributed by atoms with Gasteiger partial charge >= 0.3 is 5.97 Å². The van der Waals surface area contributed by atoms with Crippen molar-refractivity contribution in [3.8, 4) is 34.6 Å². The Balaban J connectivity index is 2.43. The number of carbonyl (C=O) groups excluding carboxylic acids is 2. The van der Waals surface area contributed by atoms with E-state index >= 15 is 0 Å². The first-order valence-electron chi connectivity index (χ1n) is 9.62. The van der Waals surface area contributed by atoms with Gasteiger partial charge in [0, 0.05) is 11.1 Å². The molecule has 0 atom stereocenters. The first-order chi connectivity index (χ1) is 15.6. The Bertz CT molecular complexity index is 1410. The number of hydrogen-bond acceptors (Lipinski definition) is 6. The Hall–Kier alpha value is -4.13. The molecular formula is C24H21N3O5S. The molecule has 0 heterocycles. The number of benzene rings is 3. The molecule has 0 aliphatic heterocycles. The van der Waals surface area contributed by atoms with Crippen molar-refractivity contribution in [2.45, 2.75) is 11.8 Å². The highest BCUT2D eigenvalue weighted by Crippen LogP contribution is 2.40. The lowest BCUT2D eigenvalue weighted by Gasteiger charge is -2.19. The number of terminal acetylenes is 1. The minimum atomic E-state index is -4.47. The summed E-state index contributed by atoms with van der Waals surface area (Å²) < 4.78 is 30.2. The number of rotatable bonds is 6. The molecule has 8 nitrogen and oxygen atoms in total. The van der Waals surface area contributed by atoms with Gasteiger partial charge in [0.15, 0.2) is 6.61 Å². The maximum atomic E-state index is 12.6. The van der Waals surface area contributed by atoms with Crippen LogP contribution >= 0.6 is 0 Å². The van der Waals surface area contributed by atoms with E-state index in [2.05, 4.69) is 5.92 Å². The van der Waals surface area contributed by atoms with Crippen molar-refractivity contribution in [1.29, 1.82) is 0 Å². The molecule has 1 amide bonds. The summed E-state index contributed by atoms with van der Waals surface area (Å²) in [6, 6.07) is 14.9. The van der Waals surface area contributed by atoms with Crippen LogP contribution in [0.15, 0.2) is 59.5 Å². The molecule has 0 aliphatic rings. The first kappa shape index (κ1) is 23.5. The third-order valence-electron chi connectivity index (χ3n) is 4.99.